The van der Waals surface area contributed by atoms with Crippen LogP contribution >= 0.6 is 11.3 Å². The first-order chi connectivity index (χ1) is 14.6. The van der Waals surface area contributed by atoms with E-state index in [0.29, 0.717) is 35.7 Å². The molecule has 0 fully saturated rings. The monoisotopic (exact) mass is 426 g/mol. The van der Waals surface area contributed by atoms with Crippen LogP contribution in [0.5, 0.6) is 11.5 Å². The van der Waals surface area contributed by atoms with E-state index in [1.165, 1.54) is 16.9 Å². The lowest BCUT2D eigenvalue weighted by Crippen LogP contribution is -2.23. The Hall–Kier alpha value is -3.13. The van der Waals surface area contributed by atoms with Crippen molar-refractivity contribution < 1.29 is 23.8 Å². The minimum Gasteiger partial charge on any atom is -0.465 e. The molecule has 0 bridgehead atoms. The quantitative estimate of drug-likeness (QED) is 0.541. The van der Waals surface area contributed by atoms with Gasteiger partial charge in [0.05, 0.1) is 16.8 Å². The SMILES string of the molecule is CCOC(=O)Cn1c(=NC(=O)CCCc2ccccc2)sc2cc3c(cc21)OCO3. The normalized spacial score (nSPS) is 13.0. The summed E-state index contributed by atoms with van der Waals surface area (Å²) in [4.78, 5) is 29.4. The van der Waals surface area contributed by atoms with Gasteiger partial charge in [0, 0.05) is 18.6 Å². The van der Waals surface area contributed by atoms with Gasteiger partial charge in [-0.1, -0.05) is 41.7 Å². The Morgan fingerprint density at radius 2 is 1.93 bits per heavy atom. The molecule has 4 rings (SSSR count). The first-order valence-electron chi connectivity index (χ1n) is 9.84. The third-order valence-corrected chi connectivity index (χ3v) is 5.73. The number of thiazole rings is 1. The zero-order chi connectivity index (χ0) is 20.9. The van der Waals surface area contributed by atoms with Crippen LogP contribution in [0.4, 0.5) is 0 Å². The van der Waals surface area contributed by atoms with Crippen molar-refractivity contribution in [1.29, 1.82) is 0 Å². The van der Waals surface area contributed by atoms with Crippen molar-refractivity contribution in [3.8, 4) is 11.5 Å². The summed E-state index contributed by atoms with van der Waals surface area (Å²) >= 11 is 1.34. The third-order valence-electron chi connectivity index (χ3n) is 4.69. The highest BCUT2D eigenvalue weighted by molar-refractivity contribution is 7.16. The molecule has 1 amide bonds. The molecule has 156 valence electrons. The van der Waals surface area contributed by atoms with Crippen LogP contribution in [0.25, 0.3) is 10.2 Å². The number of hydrogen-bond acceptors (Lipinski definition) is 6. The van der Waals surface area contributed by atoms with Gasteiger partial charge in [-0.15, -0.1) is 0 Å². The van der Waals surface area contributed by atoms with Gasteiger partial charge >= 0.3 is 5.97 Å². The van der Waals surface area contributed by atoms with E-state index < -0.39 is 0 Å². The van der Waals surface area contributed by atoms with E-state index in [-0.39, 0.29) is 25.2 Å². The van der Waals surface area contributed by atoms with E-state index in [4.69, 9.17) is 14.2 Å². The van der Waals surface area contributed by atoms with E-state index in [1.807, 2.05) is 42.5 Å². The molecule has 30 heavy (non-hydrogen) atoms. The zero-order valence-electron chi connectivity index (χ0n) is 16.6. The molecule has 0 spiro atoms. The van der Waals surface area contributed by atoms with Crippen LogP contribution in [0.1, 0.15) is 25.3 Å². The van der Waals surface area contributed by atoms with Crippen molar-refractivity contribution in [3.05, 3.63) is 52.8 Å². The molecule has 0 radical (unpaired) electrons. The summed E-state index contributed by atoms with van der Waals surface area (Å²) < 4.78 is 18.5. The topological polar surface area (TPSA) is 79.1 Å². The van der Waals surface area contributed by atoms with Gasteiger partial charge in [-0.2, -0.15) is 4.99 Å². The van der Waals surface area contributed by atoms with Crippen molar-refractivity contribution in [2.75, 3.05) is 13.4 Å². The van der Waals surface area contributed by atoms with Crippen molar-refractivity contribution in [1.82, 2.24) is 4.57 Å². The number of esters is 1. The number of carbonyl (C=O) groups excluding carboxylic acids is 2. The van der Waals surface area contributed by atoms with Gasteiger partial charge in [-0.3, -0.25) is 9.59 Å². The van der Waals surface area contributed by atoms with Crippen LogP contribution in [0, 0.1) is 0 Å². The summed E-state index contributed by atoms with van der Waals surface area (Å²) in [5.41, 5.74) is 1.95. The summed E-state index contributed by atoms with van der Waals surface area (Å²) in [6.07, 6.45) is 1.87. The highest BCUT2D eigenvalue weighted by Gasteiger charge is 2.19. The van der Waals surface area contributed by atoms with E-state index >= 15 is 0 Å². The van der Waals surface area contributed by atoms with E-state index in [0.717, 1.165) is 16.6 Å². The Kier molecular flexibility index (Phi) is 6.13. The second-order valence-electron chi connectivity index (χ2n) is 6.79. The molecule has 0 saturated heterocycles. The predicted molar refractivity (Wildman–Crippen MR) is 113 cm³/mol. The summed E-state index contributed by atoms with van der Waals surface area (Å²) in [6.45, 7) is 2.19. The number of amides is 1. The average molecular weight is 426 g/mol. The van der Waals surface area contributed by atoms with Crippen LogP contribution < -0.4 is 14.3 Å². The van der Waals surface area contributed by atoms with Crippen molar-refractivity contribution >= 4 is 33.4 Å². The number of benzene rings is 2. The molecule has 1 aromatic heterocycles. The van der Waals surface area contributed by atoms with E-state index in [1.54, 1.807) is 11.5 Å². The molecule has 0 atom stereocenters. The molecule has 0 unspecified atom stereocenters. The minimum absolute atomic E-state index is 0.0242. The van der Waals surface area contributed by atoms with Crippen LogP contribution in [-0.4, -0.2) is 29.8 Å². The Labute approximate surface area is 177 Å². The zero-order valence-corrected chi connectivity index (χ0v) is 17.4. The highest BCUT2D eigenvalue weighted by atomic mass is 32.1. The van der Waals surface area contributed by atoms with Gasteiger partial charge < -0.3 is 18.8 Å². The fourth-order valence-corrected chi connectivity index (χ4v) is 4.34. The molecule has 0 aliphatic carbocycles. The number of ether oxygens (including phenoxy) is 3. The summed E-state index contributed by atoms with van der Waals surface area (Å²) in [5.74, 6) is 0.661. The molecule has 2 aromatic carbocycles. The minimum atomic E-state index is -0.382. The lowest BCUT2D eigenvalue weighted by molar-refractivity contribution is -0.143. The molecule has 1 aliphatic heterocycles. The number of aryl methyl sites for hydroxylation is 1. The molecule has 0 N–H and O–H groups in total. The van der Waals surface area contributed by atoms with Gasteiger partial charge in [-0.05, 0) is 25.3 Å². The number of rotatable bonds is 7. The maximum absolute atomic E-state index is 12.5. The molecular formula is C22H22N2O5S. The van der Waals surface area contributed by atoms with Crippen molar-refractivity contribution in [2.24, 2.45) is 4.99 Å². The number of nitrogens with zero attached hydrogens (tertiary/aromatic N) is 2. The molecule has 2 heterocycles. The number of hydrogen-bond donors (Lipinski definition) is 0. The number of carbonyl (C=O) groups is 2. The molecule has 0 saturated carbocycles. The fourth-order valence-electron chi connectivity index (χ4n) is 3.28. The molecule has 8 heteroatoms. The Morgan fingerprint density at radius 3 is 2.70 bits per heavy atom. The Bertz CT molecular complexity index is 1130. The van der Waals surface area contributed by atoms with Crippen molar-refractivity contribution in [2.45, 2.75) is 32.7 Å². The lowest BCUT2D eigenvalue weighted by atomic mass is 10.1. The molecule has 3 aromatic rings. The summed E-state index contributed by atoms with van der Waals surface area (Å²) in [6, 6.07) is 13.7. The predicted octanol–water partition coefficient (Wildman–Crippen LogP) is 3.44. The van der Waals surface area contributed by atoms with Crippen LogP contribution in [0.15, 0.2) is 47.5 Å². The third kappa shape index (κ3) is 4.54. The molecular weight excluding hydrogens is 404 g/mol. The van der Waals surface area contributed by atoms with Crippen LogP contribution in [0.3, 0.4) is 0 Å². The maximum atomic E-state index is 12.5. The largest absolute Gasteiger partial charge is 0.465 e. The van der Waals surface area contributed by atoms with Crippen molar-refractivity contribution in [3.63, 3.8) is 0 Å². The summed E-state index contributed by atoms with van der Waals surface area (Å²) in [5, 5.41) is 0. The average Bonchev–Trinajstić information content (AvgIpc) is 3.31. The smallest absolute Gasteiger partial charge is 0.326 e. The maximum Gasteiger partial charge on any atom is 0.326 e. The molecule has 1 aliphatic rings. The standard InChI is InChI=1S/C22H22N2O5S/c1-2-27-21(26)13-24-16-11-17-18(29-14-28-17)12-19(16)30-22(24)23-20(25)10-6-9-15-7-4-3-5-8-15/h3-5,7-8,11-12H,2,6,9-10,13-14H2,1H3. The lowest BCUT2D eigenvalue weighted by Gasteiger charge is -2.05. The first-order valence-corrected chi connectivity index (χ1v) is 10.7. The Morgan fingerprint density at radius 1 is 1.17 bits per heavy atom. The number of aromatic nitrogens is 1. The summed E-state index contributed by atoms with van der Waals surface area (Å²) in [7, 11) is 0. The number of fused-ring (bicyclic) bond motifs is 2. The van der Waals surface area contributed by atoms with E-state index in [2.05, 4.69) is 4.99 Å². The highest BCUT2D eigenvalue weighted by Crippen LogP contribution is 2.37. The van der Waals surface area contributed by atoms with Crippen LogP contribution in [-0.2, 0) is 27.3 Å². The second-order valence-corrected chi connectivity index (χ2v) is 7.80. The van der Waals surface area contributed by atoms with Gasteiger partial charge in [0.25, 0.3) is 0 Å². The molecule has 7 nitrogen and oxygen atoms in total. The van der Waals surface area contributed by atoms with Gasteiger partial charge in [0.2, 0.25) is 12.7 Å². The van der Waals surface area contributed by atoms with Crippen LogP contribution in [0.2, 0.25) is 0 Å². The second kappa shape index (κ2) is 9.13. The van der Waals surface area contributed by atoms with Gasteiger partial charge in [0.15, 0.2) is 16.3 Å². The van der Waals surface area contributed by atoms with E-state index in [9.17, 15) is 9.59 Å². The first kappa shape index (κ1) is 20.2. The van der Waals surface area contributed by atoms with Gasteiger partial charge in [0.1, 0.15) is 6.54 Å². The Balaban J connectivity index is 1.59. The fraction of sp³-hybridized carbons (Fsp3) is 0.318. The van der Waals surface area contributed by atoms with Gasteiger partial charge in [-0.25, -0.2) is 0 Å².